The first kappa shape index (κ1) is 13.6. The van der Waals surface area contributed by atoms with Crippen molar-refractivity contribution >= 4 is 0 Å². The summed E-state index contributed by atoms with van der Waals surface area (Å²) in [5.74, 6) is 0. The van der Waals surface area contributed by atoms with Crippen molar-refractivity contribution in [2.75, 3.05) is 6.54 Å². The molecule has 102 valence electrons. The number of rotatable bonds is 5. The maximum atomic E-state index is 12.7. The summed E-state index contributed by atoms with van der Waals surface area (Å²) in [4.78, 5) is 0. The normalized spacial score (nSPS) is 11.7. The zero-order chi connectivity index (χ0) is 13.7. The zero-order valence-electron chi connectivity index (χ0n) is 10.2. The standard InChI is InChI=1S/C13H14F3N3/c14-13(15,16)12-5-2-1-4-11(12)10-17-7-9-19-8-3-6-18-19/h1-6,8,17H,7,9-10H2. The zero-order valence-corrected chi connectivity index (χ0v) is 10.2. The van der Waals surface area contributed by atoms with Crippen LogP contribution in [0.1, 0.15) is 11.1 Å². The quantitative estimate of drug-likeness (QED) is 0.846. The van der Waals surface area contributed by atoms with Crippen molar-refractivity contribution in [3.05, 3.63) is 53.9 Å². The molecule has 1 N–H and O–H groups in total. The van der Waals surface area contributed by atoms with Crippen LogP contribution in [0.25, 0.3) is 0 Å². The van der Waals surface area contributed by atoms with Gasteiger partial charge in [-0.15, -0.1) is 0 Å². The van der Waals surface area contributed by atoms with Crippen molar-refractivity contribution in [2.45, 2.75) is 19.3 Å². The van der Waals surface area contributed by atoms with Gasteiger partial charge in [0.1, 0.15) is 0 Å². The van der Waals surface area contributed by atoms with Gasteiger partial charge in [-0.2, -0.15) is 18.3 Å². The molecule has 0 atom stereocenters. The number of nitrogens with zero attached hydrogens (tertiary/aromatic N) is 2. The molecule has 2 rings (SSSR count). The van der Waals surface area contributed by atoms with E-state index in [1.54, 1.807) is 23.0 Å². The van der Waals surface area contributed by atoms with E-state index in [1.807, 2.05) is 6.20 Å². The Bertz CT molecular complexity index is 506. The van der Waals surface area contributed by atoms with Crippen LogP contribution in [0.4, 0.5) is 13.2 Å². The molecule has 1 aromatic heterocycles. The third-order valence-corrected chi connectivity index (χ3v) is 2.72. The Morgan fingerprint density at radius 3 is 2.63 bits per heavy atom. The lowest BCUT2D eigenvalue weighted by Crippen LogP contribution is -2.21. The average Bonchev–Trinajstić information content (AvgIpc) is 2.87. The molecular weight excluding hydrogens is 255 g/mol. The molecule has 0 spiro atoms. The first-order chi connectivity index (χ1) is 9.07. The van der Waals surface area contributed by atoms with E-state index < -0.39 is 11.7 Å². The SMILES string of the molecule is FC(F)(F)c1ccccc1CNCCn1cccn1. The first-order valence-corrected chi connectivity index (χ1v) is 5.90. The fourth-order valence-corrected chi connectivity index (χ4v) is 1.80. The van der Waals surface area contributed by atoms with Gasteiger partial charge in [0.15, 0.2) is 0 Å². The van der Waals surface area contributed by atoms with E-state index in [2.05, 4.69) is 10.4 Å². The second-order valence-corrected chi connectivity index (χ2v) is 4.10. The minimum atomic E-state index is -4.31. The van der Waals surface area contributed by atoms with E-state index in [4.69, 9.17) is 0 Å². The minimum absolute atomic E-state index is 0.191. The maximum absolute atomic E-state index is 12.7. The molecule has 0 amide bonds. The van der Waals surface area contributed by atoms with Crippen LogP contribution in [0.2, 0.25) is 0 Å². The summed E-state index contributed by atoms with van der Waals surface area (Å²) >= 11 is 0. The van der Waals surface area contributed by atoms with Crippen LogP contribution in [0.5, 0.6) is 0 Å². The first-order valence-electron chi connectivity index (χ1n) is 5.90. The van der Waals surface area contributed by atoms with Gasteiger partial charge < -0.3 is 5.32 Å². The van der Waals surface area contributed by atoms with Gasteiger partial charge in [0.2, 0.25) is 0 Å². The lowest BCUT2D eigenvalue weighted by Gasteiger charge is -2.13. The molecule has 0 aliphatic heterocycles. The molecule has 3 nitrogen and oxygen atoms in total. The van der Waals surface area contributed by atoms with Crippen molar-refractivity contribution in [2.24, 2.45) is 0 Å². The smallest absolute Gasteiger partial charge is 0.311 e. The Morgan fingerprint density at radius 2 is 1.95 bits per heavy atom. The average molecular weight is 269 g/mol. The van der Waals surface area contributed by atoms with Gasteiger partial charge in [0, 0.05) is 25.5 Å². The molecule has 0 unspecified atom stereocenters. The largest absolute Gasteiger partial charge is 0.416 e. The van der Waals surface area contributed by atoms with Crippen LogP contribution in [0, 0.1) is 0 Å². The van der Waals surface area contributed by atoms with Crippen LogP contribution in [-0.2, 0) is 19.3 Å². The van der Waals surface area contributed by atoms with Crippen LogP contribution in [0.3, 0.4) is 0 Å². The summed E-state index contributed by atoms with van der Waals surface area (Å²) in [6.45, 7) is 1.38. The van der Waals surface area contributed by atoms with E-state index >= 15 is 0 Å². The molecule has 1 heterocycles. The van der Waals surface area contributed by atoms with Gasteiger partial charge in [-0.1, -0.05) is 18.2 Å². The van der Waals surface area contributed by atoms with Crippen molar-refractivity contribution in [1.29, 1.82) is 0 Å². The fraction of sp³-hybridized carbons (Fsp3) is 0.308. The second kappa shape index (κ2) is 5.88. The Hall–Kier alpha value is -1.82. The highest BCUT2D eigenvalue weighted by molar-refractivity contribution is 5.29. The Labute approximate surface area is 109 Å². The van der Waals surface area contributed by atoms with Crippen LogP contribution >= 0.6 is 0 Å². The van der Waals surface area contributed by atoms with E-state index in [0.717, 1.165) is 6.07 Å². The van der Waals surface area contributed by atoms with E-state index in [-0.39, 0.29) is 12.1 Å². The number of halogens is 3. The molecule has 0 aliphatic rings. The highest BCUT2D eigenvalue weighted by Crippen LogP contribution is 2.31. The van der Waals surface area contributed by atoms with Crippen molar-refractivity contribution < 1.29 is 13.2 Å². The molecule has 0 radical (unpaired) electrons. The molecule has 19 heavy (non-hydrogen) atoms. The predicted octanol–water partition coefficient (Wildman–Crippen LogP) is 2.69. The maximum Gasteiger partial charge on any atom is 0.416 e. The summed E-state index contributed by atoms with van der Waals surface area (Å²) in [7, 11) is 0. The minimum Gasteiger partial charge on any atom is -0.311 e. The van der Waals surface area contributed by atoms with E-state index in [9.17, 15) is 13.2 Å². The molecule has 0 bridgehead atoms. The number of aromatic nitrogens is 2. The number of benzene rings is 1. The predicted molar refractivity (Wildman–Crippen MR) is 65.4 cm³/mol. The summed E-state index contributed by atoms with van der Waals surface area (Å²) in [6, 6.07) is 7.41. The van der Waals surface area contributed by atoms with Gasteiger partial charge >= 0.3 is 6.18 Å². The van der Waals surface area contributed by atoms with Gasteiger partial charge in [-0.3, -0.25) is 4.68 Å². The van der Waals surface area contributed by atoms with Gasteiger partial charge in [0.25, 0.3) is 0 Å². The lowest BCUT2D eigenvalue weighted by molar-refractivity contribution is -0.138. The number of nitrogens with one attached hydrogen (secondary N) is 1. The van der Waals surface area contributed by atoms with E-state index in [1.165, 1.54) is 12.1 Å². The molecule has 6 heteroatoms. The Morgan fingerprint density at radius 1 is 1.16 bits per heavy atom. The molecule has 0 saturated heterocycles. The Balaban J connectivity index is 1.89. The highest BCUT2D eigenvalue weighted by Gasteiger charge is 2.32. The molecule has 0 saturated carbocycles. The van der Waals surface area contributed by atoms with Crippen molar-refractivity contribution in [3.63, 3.8) is 0 Å². The number of hydrogen-bond acceptors (Lipinski definition) is 2. The number of hydrogen-bond donors (Lipinski definition) is 1. The summed E-state index contributed by atoms with van der Waals surface area (Å²) in [5.41, 5.74) is -0.322. The van der Waals surface area contributed by atoms with Gasteiger partial charge in [-0.25, -0.2) is 0 Å². The second-order valence-electron chi connectivity index (χ2n) is 4.10. The lowest BCUT2D eigenvalue weighted by atomic mass is 10.1. The van der Waals surface area contributed by atoms with E-state index in [0.29, 0.717) is 13.1 Å². The molecule has 0 fully saturated rings. The summed E-state index contributed by atoms with van der Waals surface area (Å²) in [6.07, 6.45) is -0.829. The molecule has 2 aromatic rings. The summed E-state index contributed by atoms with van der Waals surface area (Å²) in [5, 5.41) is 7.01. The monoisotopic (exact) mass is 269 g/mol. The summed E-state index contributed by atoms with van der Waals surface area (Å²) < 4.78 is 39.9. The van der Waals surface area contributed by atoms with Gasteiger partial charge in [0.05, 0.1) is 12.1 Å². The Kier molecular flexibility index (Phi) is 4.21. The van der Waals surface area contributed by atoms with Crippen LogP contribution in [0.15, 0.2) is 42.7 Å². The fourth-order valence-electron chi connectivity index (χ4n) is 1.80. The molecular formula is C13H14F3N3. The van der Waals surface area contributed by atoms with Crippen molar-refractivity contribution in [3.8, 4) is 0 Å². The van der Waals surface area contributed by atoms with Crippen molar-refractivity contribution in [1.82, 2.24) is 15.1 Å². The molecule has 1 aromatic carbocycles. The van der Waals surface area contributed by atoms with Crippen LogP contribution in [-0.4, -0.2) is 16.3 Å². The third-order valence-electron chi connectivity index (χ3n) is 2.72. The van der Waals surface area contributed by atoms with Gasteiger partial charge in [-0.05, 0) is 17.7 Å². The third kappa shape index (κ3) is 3.82. The topological polar surface area (TPSA) is 29.9 Å². The number of alkyl halides is 3. The van der Waals surface area contributed by atoms with Crippen LogP contribution < -0.4 is 5.32 Å². The highest BCUT2D eigenvalue weighted by atomic mass is 19.4. The molecule has 0 aliphatic carbocycles.